The van der Waals surface area contributed by atoms with Gasteiger partial charge in [0.15, 0.2) is 23.1 Å². The summed E-state index contributed by atoms with van der Waals surface area (Å²) in [6.45, 7) is 0. The summed E-state index contributed by atoms with van der Waals surface area (Å²) in [5, 5.41) is 6.65. The number of hydrogen-bond donors (Lipinski definition) is 0. The molecule has 0 amide bonds. The molecule has 0 saturated heterocycles. The van der Waals surface area contributed by atoms with Crippen LogP contribution in [0.5, 0.6) is 0 Å². The van der Waals surface area contributed by atoms with Gasteiger partial charge in [-0.25, -0.2) is 15.0 Å². The number of nitrogens with zero attached hydrogens (tertiary/aromatic N) is 8. The monoisotopic (exact) mass is 1030 g/mol. The van der Waals surface area contributed by atoms with Crippen LogP contribution in [0.1, 0.15) is 0 Å². The smallest absolute Gasteiger partial charge is 0.240 e. The van der Waals surface area contributed by atoms with E-state index in [4.69, 9.17) is 24.9 Å². The van der Waals surface area contributed by atoms with Crippen molar-refractivity contribution in [3.05, 3.63) is 279 Å². The fourth-order valence-electron chi connectivity index (χ4n) is 12.0. The van der Waals surface area contributed by atoms with E-state index in [9.17, 15) is 0 Å². The van der Waals surface area contributed by atoms with E-state index in [-0.39, 0.29) is 0 Å². The first-order valence-electron chi connectivity index (χ1n) is 27.2. The van der Waals surface area contributed by atoms with Gasteiger partial charge >= 0.3 is 0 Å². The van der Waals surface area contributed by atoms with E-state index in [1.54, 1.807) is 0 Å². The van der Waals surface area contributed by atoms with Crippen molar-refractivity contribution in [1.82, 2.24) is 38.6 Å². The molecule has 0 fully saturated rings. The SMILES string of the molecule is c1ccc(-c2nc(-c3ccccc3)nc(-n3c4ccc(-c5ccc6c(c5)c5cc(-c7ccc8c(c7)c7ccccc7n8-c7ccccc7)ccc5n6-c5ccccc5)cc4c4c(-c5ccccc5)nc(-c5ccccc5)nc43)n2)cc1. The molecule has 0 atom stereocenters. The van der Waals surface area contributed by atoms with Crippen LogP contribution >= 0.6 is 0 Å². The summed E-state index contributed by atoms with van der Waals surface area (Å²) in [5.74, 6) is 2.19. The van der Waals surface area contributed by atoms with E-state index in [1.807, 2.05) is 84.9 Å². The van der Waals surface area contributed by atoms with Gasteiger partial charge in [0.05, 0.1) is 38.7 Å². The second-order valence-electron chi connectivity index (χ2n) is 20.5. The molecule has 0 unspecified atom stereocenters. The predicted molar refractivity (Wildman–Crippen MR) is 331 cm³/mol. The van der Waals surface area contributed by atoms with Gasteiger partial charge in [-0.15, -0.1) is 0 Å². The lowest BCUT2D eigenvalue weighted by Gasteiger charge is -2.11. The van der Waals surface area contributed by atoms with Gasteiger partial charge < -0.3 is 9.13 Å². The molecule has 0 bridgehead atoms. The van der Waals surface area contributed by atoms with Gasteiger partial charge in [-0.3, -0.25) is 4.57 Å². The van der Waals surface area contributed by atoms with Crippen molar-refractivity contribution < 1.29 is 0 Å². The van der Waals surface area contributed by atoms with E-state index < -0.39 is 0 Å². The Bertz CT molecular complexity index is 5010. The lowest BCUT2D eigenvalue weighted by Crippen LogP contribution is -2.07. The Kier molecular flexibility index (Phi) is 10.7. The molecular formula is C73H46N8. The molecule has 0 spiro atoms. The highest BCUT2D eigenvalue weighted by Gasteiger charge is 2.25. The fraction of sp³-hybridized carbons (Fsp3) is 0. The molecule has 8 heteroatoms. The highest BCUT2D eigenvalue weighted by molar-refractivity contribution is 6.16. The van der Waals surface area contributed by atoms with Gasteiger partial charge in [0.2, 0.25) is 5.95 Å². The first-order chi connectivity index (χ1) is 40.2. The number of rotatable bonds is 9. The van der Waals surface area contributed by atoms with Gasteiger partial charge in [-0.1, -0.05) is 200 Å². The molecule has 5 aromatic heterocycles. The van der Waals surface area contributed by atoms with E-state index in [2.05, 4.69) is 208 Å². The minimum absolute atomic E-state index is 0.458. The summed E-state index contributed by atoms with van der Waals surface area (Å²) in [5.41, 5.74) is 17.4. The highest BCUT2D eigenvalue weighted by Crippen LogP contribution is 2.43. The number of para-hydroxylation sites is 3. The summed E-state index contributed by atoms with van der Waals surface area (Å²) >= 11 is 0. The highest BCUT2D eigenvalue weighted by atomic mass is 15.2. The van der Waals surface area contributed by atoms with Crippen LogP contribution in [0.4, 0.5) is 0 Å². The Hall–Kier alpha value is -11.1. The molecule has 16 rings (SSSR count). The van der Waals surface area contributed by atoms with Crippen molar-refractivity contribution in [2.45, 2.75) is 0 Å². The zero-order valence-corrected chi connectivity index (χ0v) is 43.6. The first-order valence-corrected chi connectivity index (χ1v) is 27.2. The standard InChI is InChI=1S/C73H46N8/c1-7-21-47(22-8-1)68-67-61-46-54(38-42-66(61)81(72(67)76-69(74-68)48-23-9-2-10-24-48)73-77-70(49-25-11-3-12-26-49)75-71(78-73)50-27-13-4-14-28-50)53-37-41-65-60(45-53)59-44-52(36-40-64(59)80(65)56-31-17-6-18-32-56)51-35-39-63-58(43-51)57-33-19-20-34-62(57)79(63)55-29-15-5-16-30-55/h1-46H. The van der Waals surface area contributed by atoms with Crippen LogP contribution in [0.25, 0.3) is 151 Å². The molecule has 0 aliphatic carbocycles. The van der Waals surface area contributed by atoms with Crippen LogP contribution in [-0.4, -0.2) is 38.6 Å². The van der Waals surface area contributed by atoms with Crippen molar-refractivity contribution in [3.63, 3.8) is 0 Å². The Balaban J connectivity index is 0.924. The summed E-state index contributed by atoms with van der Waals surface area (Å²) in [6, 6.07) is 98.3. The molecule has 378 valence electrons. The number of aromatic nitrogens is 8. The molecular weight excluding hydrogens is 989 g/mol. The molecule has 0 saturated carbocycles. The Morgan fingerprint density at radius 2 is 0.568 bits per heavy atom. The van der Waals surface area contributed by atoms with Crippen LogP contribution in [0.2, 0.25) is 0 Å². The van der Waals surface area contributed by atoms with E-state index >= 15 is 0 Å². The second kappa shape index (κ2) is 18.8. The maximum absolute atomic E-state index is 5.49. The average Bonchev–Trinajstić information content (AvgIpc) is 4.41. The first kappa shape index (κ1) is 46.0. The van der Waals surface area contributed by atoms with Gasteiger partial charge in [0, 0.05) is 60.6 Å². The molecule has 0 radical (unpaired) electrons. The Labute approximate surface area is 465 Å². The maximum Gasteiger partial charge on any atom is 0.240 e. The van der Waals surface area contributed by atoms with Crippen LogP contribution in [-0.2, 0) is 0 Å². The molecule has 16 aromatic rings. The molecule has 0 N–H and O–H groups in total. The third-order valence-electron chi connectivity index (χ3n) is 15.7. The predicted octanol–water partition coefficient (Wildman–Crippen LogP) is 18.0. The van der Waals surface area contributed by atoms with E-state index in [0.29, 0.717) is 29.1 Å². The third-order valence-corrected chi connectivity index (χ3v) is 15.7. The molecule has 11 aromatic carbocycles. The molecule has 5 heterocycles. The molecule has 0 aliphatic heterocycles. The molecule has 8 nitrogen and oxygen atoms in total. The van der Waals surface area contributed by atoms with Gasteiger partial charge in [-0.2, -0.15) is 9.97 Å². The van der Waals surface area contributed by atoms with E-state index in [0.717, 1.165) is 94.3 Å². The average molecular weight is 1040 g/mol. The normalized spacial score (nSPS) is 11.7. The summed E-state index contributed by atoms with van der Waals surface area (Å²) in [7, 11) is 0. The maximum atomic E-state index is 5.49. The van der Waals surface area contributed by atoms with Crippen LogP contribution in [0.15, 0.2) is 279 Å². The second-order valence-corrected chi connectivity index (χ2v) is 20.5. The van der Waals surface area contributed by atoms with Crippen LogP contribution in [0, 0.1) is 0 Å². The minimum atomic E-state index is 0.458. The minimum Gasteiger partial charge on any atom is -0.309 e. The fourth-order valence-corrected chi connectivity index (χ4v) is 12.0. The Morgan fingerprint density at radius 1 is 0.222 bits per heavy atom. The van der Waals surface area contributed by atoms with Gasteiger partial charge in [0.25, 0.3) is 0 Å². The van der Waals surface area contributed by atoms with Crippen molar-refractivity contribution >= 4 is 65.5 Å². The molecule has 0 aliphatic rings. The van der Waals surface area contributed by atoms with Crippen molar-refractivity contribution in [2.24, 2.45) is 0 Å². The Morgan fingerprint density at radius 3 is 1.02 bits per heavy atom. The van der Waals surface area contributed by atoms with Crippen LogP contribution in [0.3, 0.4) is 0 Å². The summed E-state index contributed by atoms with van der Waals surface area (Å²) in [6.07, 6.45) is 0. The lowest BCUT2D eigenvalue weighted by atomic mass is 9.98. The topological polar surface area (TPSA) is 79.2 Å². The largest absolute Gasteiger partial charge is 0.309 e. The number of benzene rings is 11. The van der Waals surface area contributed by atoms with Gasteiger partial charge in [-0.05, 0) is 101 Å². The number of fused-ring (bicyclic) bond motifs is 9. The summed E-state index contributed by atoms with van der Waals surface area (Å²) < 4.78 is 6.86. The quantitative estimate of drug-likeness (QED) is 0.144. The van der Waals surface area contributed by atoms with Crippen molar-refractivity contribution in [3.8, 4) is 85.0 Å². The van der Waals surface area contributed by atoms with Crippen molar-refractivity contribution in [2.75, 3.05) is 0 Å². The van der Waals surface area contributed by atoms with Crippen LogP contribution < -0.4 is 0 Å². The zero-order valence-electron chi connectivity index (χ0n) is 43.6. The van der Waals surface area contributed by atoms with Crippen molar-refractivity contribution in [1.29, 1.82) is 0 Å². The third kappa shape index (κ3) is 7.72. The lowest BCUT2D eigenvalue weighted by molar-refractivity contribution is 0.942. The number of hydrogen-bond acceptors (Lipinski definition) is 5. The van der Waals surface area contributed by atoms with Gasteiger partial charge in [0.1, 0.15) is 0 Å². The molecule has 81 heavy (non-hydrogen) atoms. The van der Waals surface area contributed by atoms with E-state index in [1.165, 1.54) is 27.2 Å². The zero-order chi connectivity index (χ0) is 53.4. The summed E-state index contributed by atoms with van der Waals surface area (Å²) in [4.78, 5) is 26.6.